The van der Waals surface area contributed by atoms with Crippen LogP contribution in [0.25, 0.3) is 0 Å². The van der Waals surface area contributed by atoms with Gasteiger partial charge in [0.2, 0.25) is 5.91 Å². The van der Waals surface area contributed by atoms with Crippen molar-refractivity contribution in [1.82, 2.24) is 0 Å². The Kier molecular flexibility index (Phi) is 2.85. The molecule has 2 rings (SSSR count). The lowest BCUT2D eigenvalue weighted by molar-refractivity contribution is -0.115. The lowest BCUT2D eigenvalue weighted by atomic mass is 10.2. The Bertz CT molecular complexity index is 418. The van der Waals surface area contributed by atoms with Gasteiger partial charge in [0.15, 0.2) is 11.5 Å². The van der Waals surface area contributed by atoms with Crippen LogP contribution in [0.3, 0.4) is 0 Å². The van der Waals surface area contributed by atoms with E-state index >= 15 is 0 Å². The van der Waals surface area contributed by atoms with E-state index in [9.17, 15) is 4.79 Å². The summed E-state index contributed by atoms with van der Waals surface area (Å²) in [6.07, 6.45) is 0.411. The molecule has 0 fully saturated rings. The van der Waals surface area contributed by atoms with Gasteiger partial charge in [-0.2, -0.15) is 0 Å². The normalized spacial score (nSPS) is 13.3. The quantitative estimate of drug-likeness (QED) is 0.741. The third-order valence-electron chi connectivity index (χ3n) is 2.31. The number of ether oxygens (including phenoxy) is 2. The van der Waals surface area contributed by atoms with Gasteiger partial charge in [0, 0.05) is 18.6 Å². The molecule has 0 aliphatic carbocycles. The van der Waals surface area contributed by atoms with Crippen LogP contribution < -0.4 is 20.5 Å². The van der Waals surface area contributed by atoms with E-state index in [1.54, 1.807) is 19.1 Å². The average molecular weight is 222 g/mol. The molecule has 1 aromatic carbocycles. The van der Waals surface area contributed by atoms with Gasteiger partial charge in [-0.15, -0.1) is 0 Å². The highest BCUT2D eigenvalue weighted by atomic mass is 16.6. The highest BCUT2D eigenvalue weighted by Crippen LogP contribution is 2.36. The fourth-order valence-electron chi connectivity index (χ4n) is 1.45. The number of nitrogen functional groups attached to an aromatic ring is 1. The van der Waals surface area contributed by atoms with E-state index in [-0.39, 0.29) is 5.91 Å². The van der Waals surface area contributed by atoms with E-state index in [4.69, 9.17) is 15.2 Å². The SMILES string of the molecule is CCC(=O)Nc1cc2c(cc1N)OCCO2. The van der Waals surface area contributed by atoms with E-state index in [2.05, 4.69) is 5.32 Å². The summed E-state index contributed by atoms with van der Waals surface area (Å²) in [5.74, 6) is 1.16. The van der Waals surface area contributed by atoms with Crippen molar-refractivity contribution < 1.29 is 14.3 Å². The number of hydrogen-bond donors (Lipinski definition) is 2. The van der Waals surface area contributed by atoms with Gasteiger partial charge in [-0.3, -0.25) is 4.79 Å². The smallest absolute Gasteiger partial charge is 0.224 e. The molecule has 0 saturated heterocycles. The van der Waals surface area contributed by atoms with Crippen LogP contribution >= 0.6 is 0 Å². The van der Waals surface area contributed by atoms with Gasteiger partial charge >= 0.3 is 0 Å². The summed E-state index contributed by atoms with van der Waals surface area (Å²) < 4.78 is 10.8. The number of nitrogens with two attached hydrogens (primary N) is 1. The van der Waals surface area contributed by atoms with E-state index in [1.807, 2.05) is 0 Å². The topological polar surface area (TPSA) is 73.6 Å². The van der Waals surface area contributed by atoms with E-state index in [0.29, 0.717) is 42.5 Å². The number of carbonyl (C=O) groups is 1. The standard InChI is InChI=1S/C11H14N2O3/c1-2-11(14)13-8-6-10-9(5-7(8)12)15-3-4-16-10/h5-6H,2-4,12H2,1H3,(H,13,14). The molecule has 1 heterocycles. The van der Waals surface area contributed by atoms with Crippen LogP contribution in [0, 0.1) is 0 Å². The molecule has 5 heteroatoms. The minimum atomic E-state index is -0.0802. The number of anilines is 2. The molecule has 0 saturated carbocycles. The molecule has 1 amide bonds. The molecular weight excluding hydrogens is 208 g/mol. The van der Waals surface area contributed by atoms with E-state index in [1.165, 1.54) is 0 Å². The zero-order valence-electron chi connectivity index (χ0n) is 9.08. The first kappa shape index (κ1) is 10.6. The summed E-state index contributed by atoms with van der Waals surface area (Å²) in [7, 11) is 0. The fourth-order valence-corrected chi connectivity index (χ4v) is 1.45. The Hall–Kier alpha value is -1.91. The van der Waals surface area contributed by atoms with Crippen molar-refractivity contribution >= 4 is 17.3 Å². The zero-order valence-corrected chi connectivity index (χ0v) is 9.08. The van der Waals surface area contributed by atoms with Gasteiger partial charge in [0.05, 0.1) is 11.4 Å². The lowest BCUT2D eigenvalue weighted by Crippen LogP contribution is -2.17. The number of fused-ring (bicyclic) bond motifs is 1. The first-order chi connectivity index (χ1) is 7.70. The Morgan fingerprint density at radius 1 is 1.38 bits per heavy atom. The molecule has 0 atom stereocenters. The molecule has 5 nitrogen and oxygen atoms in total. The Balaban J connectivity index is 2.28. The largest absolute Gasteiger partial charge is 0.486 e. The van der Waals surface area contributed by atoms with Crippen molar-refractivity contribution in [1.29, 1.82) is 0 Å². The first-order valence-corrected chi connectivity index (χ1v) is 5.19. The van der Waals surface area contributed by atoms with Gasteiger partial charge in [0.1, 0.15) is 13.2 Å². The summed E-state index contributed by atoms with van der Waals surface area (Å²) in [5, 5.41) is 2.71. The van der Waals surface area contributed by atoms with Crippen molar-refractivity contribution in [2.75, 3.05) is 24.3 Å². The summed E-state index contributed by atoms with van der Waals surface area (Å²) in [6.45, 7) is 2.81. The van der Waals surface area contributed by atoms with Gasteiger partial charge in [-0.25, -0.2) is 0 Å². The molecule has 0 aromatic heterocycles. The molecule has 1 aliphatic heterocycles. The number of amides is 1. The minimum absolute atomic E-state index is 0.0802. The molecule has 16 heavy (non-hydrogen) atoms. The second kappa shape index (κ2) is 4.30. The number of carbonyl (C=O) groups excluding carboxylic acids is 1. The van der Waals surface area contributed by atoms with E-state index in [0.717, 1.165) is 0 Å². The Morgan fingerprint density at radius 3 is 2.62 bits per heavy atom. The van der Waals surface area contributed by atoms with Crippen molar-refractivity contribution in [3.05, 3.63) is 12.1 Å². The van der Waals surface area contributed by atoms with Crippen molar-refractivity contribution in [2.24, 2.45) is 0 Å². The second-order valence-corrected chi connectivity index (χ2v) is 3.48. The molecule has 86 valence electrons. The number of nitrogens with one attached hydrogen (secondary N) is 1. The van der Waals surface area contributed by atoms with Crippen LogP contribution in [0.5, 0.6) is 11.5 Å². The first-order valence-electron chi connectivity index (χ1n) is 5.19. The van der Waals surface area contributed by atoms with Crippen LogP contribution in [0.15, 0.2) is 12.1 Å². The summed E-state index contributed by atoms with van der Waals surface area (Å²) in [5.41, 5.74) is 6.84. The maximum Gasteiger partial charge on any atom is 0.224 e. The molecule has 0 spiro atoms. The van der Waals surface area contributed by atoms with Gasteiger partial charge in [-0.05, 0) is 0 Å². The van der Waals surface area contributed by atoms with Crippen LogP contribution in [-0.4, -0.2) is 19.1 Å². The van der Waals surface area contributed by atoms with Crippen LogP contribution in [-0.2, 0) is 4.79 Å². The molecule has 1 aliphatic rings. The van der Waals surface area contributed by atoms with Crippen molar-refractivity contribution in [3.8, 4) is 11.5 Å². The monoisotopic (exact) mass is 222 g/mol. The van der Waals surface area contributed by atoms with Crippen LogP contribution in [0.4, 0.5) is 11.4 Å². The van der Waals surface area contributed by atoms with Gasteiger partial charge in [-0.1, -0.05) is 6.92 Å². The van der Waals surface area contributed by atoms with Gasteiger partial charge in [0.25, 0.3) is 0 Å². The highest BCUT2D eigenvalue weighted by Gasteiger charge is 2.15. The number of hydrogen-bond acceptors (Lipinski definition) is 4. The number of benzene rings is 1. The number of rotatable bonds is 2. The zero-order chi connectivity index (χ0) is 11.5. The third kappa shape index (κ3) is 2.03. The third-order valence-corrected chi connectivity index (χ3v) is 2.31. The lowest BCUT2D eigenvalue weighted by Gasteiger charge is -2.20. The van der Waals surface area contributed by atoms with Gasteiger partial charge < -0.3 is 20.5 Å². The molecule has 0 radical (unpaired) electrons. The summed E-state index contributed by atoms with van der Waals surface area (Å²) >= 11 is 0. The summed E-state index contributed by atoms with van der Waals surface area (Å²) in [6, 6.07) is 3.36. The Labute approximate surface area is 93.5 Å². The predicted molar refractivity (Wildman–Crippen MR) is 60.8 cm³/mol. The molecule has 3 N–H and O–H groups in total. The molecule has 0 bridgehead atoms. The average Bonchev–Trinajstić information content (AvgIpc) is 2.30. The second-order valence-electron chi connectivity index (χ2n) is 3.48. The van der Waals surface area contributed by atoms with Crippen molar-refractivity contribution in [2.45, 2.75) is 13.3 Å². The molecule has 1 aromatic rings. The minimum Gasteiger partial charge on any atom is -0.486 e. The summed E-state index contributed by atoms with van der Waals surface area (Å²) in [4.78, 5) is 11.3. The maximum atomic E-state index is 11.3. The van der Waals surface area contributed by atoms with E-state index < -0.39 is 0 Å². The van der Waals surface area contributed by atoms with Crippen LogP contribution in [0.2, 0.25) is 0 Å². The molecular formula is C11H14N2O3. The predicted octanol–water partition coefficient (Wildman–Crippen LogP) is 1.39. The van der Waals surface area contributed by atoms with Crippen molar-refractivity contribution in [3.63, 3.8) is 0 Å². The maximum absolute atomic E-state index is 11.3. The molecule has 0 unspecified atom stereocenters. The highest BCUT2D eigenvalue weighted by molar-refractivity contribution is 5.94. The Morgan fingerprint density at radius 2 is 2.00 bits per heavy atom. The fraction of sp³-hybridized carbons (Fsp3) is 0.364. The van der Waals surface area contributed by atoms with Crippen LogP contribution in [0.1, 0.15) is 13.3 Å².